The van der Waals surface area contributed by atoms with E-state index in [0.717, 1.165) is 51.5 Å². The molecule has 4 rings (SSSR count). The third kappa shape index (κ3) is 3.95. The number of aromatic nitrogens is 2. The summed E-state index contributed by atoms with van der Waals surface area (Å²) in [6, 6.07) is 0.440. The molecule has 0 unspecified atom stereocenters. The number of aliphatic hydroxyl groups is 2. The summed E-state index contributed by atoms with van der Waals surface area (Å²) in [6.07, 6.45) is 3.98. The van der Waals surface area contributed by atoms with Crippen molar-refractivity contribution in [3.8, 4) is 0 Å². The molecule has 0 bridgehead atoms. The summed E-state index contributed by atoms with van der Waals surface area (Å²) in [7, 11) is 0. The van der Waals surface area contributed by atoms with E-state index in [1.165, 1.54) is 0 Å². The van der Waals surface area contributed by atoms with E-state index >= 15 is 0 Å². The van der Waals surface area contributed by atoms with Crippen LogP contribution in [0.15, 0.2) is 12.4 Å². The van der Waals surface area contributed by atoms with Gasteiger partial charge in [-0.3, -0.25) is 9.69 Å². The van der Waals surface area contributed by atoms with Crippen molar-refractivity contribution in [2.75, 3.05) is 26.3 Å². The zero-order valence-corrected chi connectivity index (χ0v) is 17.4. The Morgan fingerprint density at radius 3 is 2.69 bits per heavy atom. The van der Waals surface area contributed by atoms with E-state index in [0.29, 0.717) is 12.6 Å². The van der Waals surface area contributed by atoms with E-state index in [4.69, 9.17) is 4.74 Å². The molecule has 8 nitrogen and oxygen atoms in total. The SMILES string of the molecule is CCn1ccnc1CNC(=O)[C@H]1[C@@H](C)[C@H](O)[C@@H](O)[C@H]2CN(C3CCOCC3)C[C@@H]21. The zero-order valence-electron chi connectivity index (χ0n) is 17.4. The van der Waals surface area contributed by atoms with Gasteiger partial charge in [-0.2, -0.15) is 0 Å². The molecular formula is C21H34N4O4. The molecule has 0 spiro atoms. The summed E-state index contributed by atoms with van der Waals surface area (Å²) in [5, 5.41) is 24.4. The molecule has 3 heterocycles. The first-order valence-electron chi connectivity index (χ1n) is 11.0. The lowest BCUT2D eigenvalue weighted by Gasteiger charge is -2.43. The van der Waals surface area contributed by atoms with E-state index < -0.39 is 12.2 Å². The maximum Gasteiger partial charge on any atom is 0.224 e. The van der Waals surface area contributed by atoms with Gasteiger partial charge in [-0.15, -0.1) is 0 Å². The summed E-state index contributed by atoms with van der Waals surface area (Å²) in [4.78, 5) is 19.9. The van der Waals surface area contributed by atoms with Gasteiger partial charge in [-0.05, 0) is 31.6 Å². The fourth-order valence-corrected chi connectivity index (χ4v) is 5.66. The number of hydrogen-bond donors (Lipinski definition) is 3. The van der Waals surface area contributed by atoms with Gasteiger partial charge in [-0.1, -0.05) is 6.92 Å². The standard InChI is InChI=1S/C21H34N4O4/c1-3-24-7-6-22-17(24)10-23-21(28)18-13(2)19(26)20(27)16-12-25(11-15(16)18)14-4-8-29-9-5-14/h6-7,13-16,18-20,26-27H,3-5,8-12H2,1-2H3,(H,23,28)/t13-,15+,16+,18+,19+,20+/m1/s1. The number of hydrogen-bond acceptors (Lipinski definition) is 6. The molecule has 1 aromatic heterocycles. The number of aryl methyl sites for hydroxylation is 1. The molecule has 1 amide bonds. The molecule has 8 heteroatoms. The number of rotatable bonds is 5. The number of imidazole rings is 1. The molecule has 0 aromatic carbocycles. The van der Waals surface area contributed by atoms with Gasteiger partial charge < -0.3 is 24.8 Å². The van der Waals surface area contributed by atoms with Gasteiger partial charge in [0.1, 0.15) is 5.82 Å². The molecule has 6 atom stereocenters. The number of nitrogens with zero attached hydrogens (tertiary/aromatic N) is 3. The highest BCUT2D eigenvalue weighted by Crippen LogP contribution is 2.44. The first-order chi connectivity index (χ1) is 14.0. The van der Waals surface area contributed by atoms with Crippen molar-refractivity contribution in [3.63, 3.8) is 0 Å². The largest absolute Gasteiger partial charge is 0.390 e. The summed E-state index contributed by atoms with van der Waals surface area (Å²) in [6.45, 7) is 8.19. The van der Waals surface area contributed by atoms with Crippen LogP contribution in [0.5, 0.6) is 0 Å². The van der Waals surface area contributed by atoms with Crippen LogP contribution in [0.3, 0.4) is 0 Å². The Morgan fingerprint density at radius 2 is 1.97 bits per heavy atom. The molecule has 1 aromatic rings. The van der Waals surface area contributed by atoms with Crippen LogP contribution in [0.4, 0.5) is 0 Å². The minimum Gasteiger partial charge on any atom is -0.390 e. The van der Waals surface area contributed by atoms with E-state index in [-0.39, 0.29) is 29.6 Å². The summed E-state index contributed by atoms with van der Waals surface area (Å²) < 4.78 is 7.50. The first kappa shape index (κ1) is 20.8. The normalized spacial score (nSPS) is 36.1. The minimum atomic E-state index is -0.876. The van der Waals surface area contributed by atoms with Crippen molar-refractivity contribution in [2.24, 2.45) is 23.7 Å². The molecule has 29 heavy (non-hydrogen) atoms. The van der Waals surface area contributed by atoms with Crippen LogP contribution in [-0.4, -0.2) is 75.1 Å². The van der Waals surface area contributed by atoms with Gasteiger partial charge >= 0.3 is 0 Å². The molecule has 1 saturated carbocycles. The Morgan fingerprint density at radius 1 is 1.24 bits per heavy atom. The van der Waals surface area contributed by atoms with Crippen molar-refractivity contribution >= 4 is 5.91 Å². The number of aliphatic hydroxyl groups excluding tert-OH is 2. The number of likely N-dealkylation sites (tertiary alicyclic amines) is 1. The van der Waals surface area contributed by atoms with Crippen molar-refractivity contribution in [2.45, 2.75) is 58.0 Å². The van der Waals surface area contributed by atoms with Gasteiger partial charge in [0.05, 0.1) is 18.8 Å². The Labute approximate surface area is 172 Å². The predicted molar refractivity (Wildman–Crippen MR) is 107 cm³/mol. The fraction of sp³-hybridized carbons (Fsp3) is 0.810. The monoisotopic (exact) mass is 406 g/mol. The highest BCUT2D eigenvalue weighted by Gasteiger charge is 2.54. The van der Waals surface area contributed by atoms with Crippen molar-refractivity contribution in [3.05, 3.63) is 18.2 Å². The maximum atomic E-state index is 13.2. The van der Waals surface area contributed by atoms with Crippen molar-refractivity contribution in [1.82, 2.24) is 19.8 Å². The lowest BCUT2D eigenvalue weighted by atomic mass is 9.65. The van der Waals surface area contributed by atoms with Crippen LogP contribution in [0.25, 0.3) is 0 Å². The molecule has 2 aliphatic heterocycles. The number of carbonyl (C=O) groups excluding carboxylic acids is 1. The van der Waals surface area contributed by atoms with Crippen LogP contribution in [0.1, 0.15) is 32.5 Å². The summed E-state index contributed by atoms with van der Waals surface area (Å²) in [5.74, 6) is 0.171. The predicted octanol–water partition coefficient (Wildman–Crippen LogP) is 0.234. The zero-order chi connectivity index (χ0) is 20.5. The topological polar surface area (TPSA) is 99.9 Å². The van der Waals surface area contributed by atoms with Crippen molar-refractivity contribution in [1.29, 1.82) is 0 Å². The highest BCUT2D eigenvalue weighted by molar-refractivity contribution is 5.79. The Kier molecular flexibility index (Phi) is 6.24. The maximum absolute atomic E-state index is 13.2. The van der Waals surface area contributed by atoms with E-state index in [1.807, 2.05) is 24.6 Å². The van der Waals surface area contributed by atoms with Crippen LogP contribution in [0, 0.1) is 23.7 Å². The van der Waals surface area contributed by atoms with Gasteiger partial charge in [0, 0.05) is 63.1 Å². The number of carbonyl (C=O) groups is 1. The molecule has 3 aliphatic rings. The Bertz CT molecular complexity index is 705. The fourth-order valence-electron chi connectivity index (χ4n) is 5.66. The third-order valence-corrected chi connectivity index (χ3v) is 7.37. The first-order valence-corrected chi connectivity index (χ1v) is 11.0. The second kappa shape index (κ2) is 8.71. The molecular weight excluding hydrogens is 372 g/mol. The van der Waals surface area contributed by atoms with Crippen LogP contribution >= 0.6 is 0 Å². The molecule has 3 N–H and O–H groups in total. The second-order valence-electron chi connectivity index (χ2n) is 8.84. The average Bonchev–Trinajstić information content (AvgIpc) is 3.38. The number of ether oxygens (including phenoxy) is 1. The number of nitrogens with one attached hydrogen (secondary N) is 1. The highest BCUT2D eigenvalue weighted by atomic mass is 16.5. The van der Waals surface area contributed by atoms with Crippen LogP contribution in [-0.2, 0) is 22.6 Å². The molecule has 3 fully saturated rings. The van der Waals surface area contributed by atoms with E-state index in [2.05, 4.69) is 15.2 Å². The Balaban J connectivity index is 1.47. The van der Waals surface area contributed by atoms with Gasteiger partial charge in [-0.25, -0.2) is 4.98 Å². The van der Waals surface area contributed by atoms with Crippen molar-refractivity contribution < 1.29 is 19.7 Å². The number of amides is 1. The van der Waals surface area contributed by atoms with Gasteiger partial charge in [0.15, 0.2) is 0 Å². The third-order valence-electron chi connectivity index (χ3n) is 7.37. The Hall–Kier alpha value is -1.48. The molecule has 2 saturated heterocycles. The van der Waals surface area contributed by atoms with Crippen LogP contribution in [0.2, 0.25) is 0 Å². The summed E-state index contributed by atoms with van der Waals surface area (Å²) >= 11 is 0. The lowest BCUT2D eigenvalue weighted by Crippen LogP contribution is -2.55. The molecule has 0 radical (unpaired) electrons. The lowest BCUT2D eigenvalue weighted by molar-refractivity contribution is -0.146. The van der Waals surface area contributed by atoms with Gasteiger partial charge in [0.25, 0.3) is 0 Å². The van der Waals surface area contributed by atoms with Crippen LogP contribution < -0.4 is 5.32 Å². The number of fused-ring (bicyclic) bond motifs is 1. The molecule has 162 valence electrons. The quantitative estimate of drug-likeness (QED) is 0.648. The van der Waals surface area contributed by atoms with E-state index in [1.54, 1.807) is 6.20 Å². The van der Waals surface area contributed by atoms with Gasteiger partial charge in [0.2, 0.25) is 5.91 Å². The molecule has 1 aliphatic carbocycles. The summed E-state index contributed by atoms with van der Waals surface area (Å²) in [5.41, 5.74) is 0. The van der Waals surface area contributed by atoms with E-state index in [9.17, 15) is 15.0 Å². The average molecular weight is 407 g/mol. The smallest absolute Gasteiger partial charge is 0.224 e. The minimum absolute atomic E-state index is 0.0436. The second-order valence-corrected chi connectivity index (χ2v) is 8.84.